The number of aromatic nitrogens is 5. The molecule has 0 atom stereocenters. The molecule has 0 fully saturated rings. The Morgan fingerprint density at radius 3 is 2.75 bits per heavy atom. The zero-order chi connectivity index (χ0) is 17.0. The second-order valence-corrected chi connectivity index (χ2v) is 5.59. The first kappa shape index (κ1) is 14.3. The number of aryl methyl sites for hydroxylation is 2. The fourth-order valence-electron chi connectivity index (χ4n) is 2.68. The predicted octanol–water partition coefficient (Wildman–Crippen LogP) is 2.09. The molecule has 8 heteroatoms. The average molecular weight is 325 g/mol. The predicted molar refractivity (Wildman–Crippen MR) is 85.4 cm³/mol. The van der Waals surface area contributed by atoms with E-state index in [0.717, 1.165) is 11.6 Å². The number of nitrogens with one attached hydrogen (secondary N) is 1. The van der Waals surface area contributed by atoms with Crippen molar-refractivity contribution in [1.82, 2.24) is 24.6 Å². The fourth-order valence-corrected chi connectivity index (χ4v) is 2.68. The van der Waals surface area contributed by atoms with E-state index in [1.54, 1.807) is 26.0 Å². The van der Waals surface area contributed by atoms with Crippen molar-refractivity contribution in [1.29, 1.82) is 0 Å². The van der Waals surface area contributed by atoms with Crippen LogP contribution in [-0.4, -0.2) is 29.7 Å². The largest absolute Gasteiger partial charge is 0.493 e. The van der Waals surface area contributed by atoms with Gasteiger partial charge in [0.2, 0.25) is 5.88 Å². The van der Waals surface area contributed by atoms with E-state index in [4.69, 9.17) is 0 Å². The van der Waals surface area contributed by atoms with Gasteiger partial charge in [0.15, 0.2) is 5.82 Å². The topological polar surface area (TPSA) is 96.2 Å². The molecular weight excluding hydrogens is 313 g/mol. The SMILES string of the molecule is Cc1cc(F)c2nc(C)c(-c3cc4[nH]c(=O)cc(O)n4n3)nc2c1. The van der Waals surface area contributed by atoms with Gasteiger partial charge in [0.05, 0.1) is 17.3 Å². The lowest BCUT2D eigenvalue weighted by Gasteiger charge is -2.06. The Kier molecular flexibility index (Phi) is 2.89. The zero-order valence-corrected chi connectivity index (χ0v) is 12.8. The van der Waals surface area contributed by atoms with Crippen molar-refractivity contribution >= 4 is 16.7 Å². The Labute approximate surface area is 134 Å². The number of nitrogens with zero attached hydrogens (tertiary/aromatic N) is 4. The molecule has 2 N–H and O–H groups in total. The van der Waals surface area contributed by atoms with Gasteiger partial charge in [-0.05, 0) is 31.5 Å². The van der Waals surface area contributed by atoms with Gasteiger partial charge in [0.25, 0.3) is 5.56 Å². The second kappa shape index (κ2) is 4.85. The minimum Gasteiger partial charge on any atom is -0.493 e. The van der Waals surface area contributed by atoms with Gasteiger partial charge < -0.3 is 10.1 Å². The lowest BCUT2D eigenvalue weighted by atomic mass is 10.1. The molecule has 0 aliphatic carbocycles. The number of aromatic amines is 1. The number of hydrogen-bond donors (Lipinski definition) is 2. The zero-order valence-electron chi connectivity index (χ0n) is 12.8. The normalized spacial score (nSPS) is 11.5. The van der Waals surface area contributed by atoms with E-state index in [1.807, 2.05) is 0 Å². The molecule has 0 saturated heterocycles. The summed E-state index contributed by atoms with van der Waals surface area (Å²) in [5.41, 5.74) is 2.61. The van der Waals surface area contributed by atoms with Crippen molar-refractivity contribution in [3.63, 3.8) is 0 Å². The molecule has 3 aromatic heterocycles. The molecule has 0 unspecified atom stereocenters. The van der Waals surface area contributed by atoms with Crippen LogP contribution in [0.1, 0.15) is 11.3 Å². The average Bonchev–Trinajstić information content (AvgIpc) is 2.91. The Hall–Kier alpha value is -3.29. The Morgan fingerprint density at radius 2 is 1.96 bits per heavy atom. The first-order valence-electron chi connectivity index (χ1n) is 7.19. The molecule has 24 heavy (non-hydrogen) atoms. The third-order valence-corrected chi connectivity index (χ3v) is 3.72. The number of H-pyrrole nitrogens is 1. The number of hydrogen-bond acceptors (Lipinski definition) is 5. The van der Waals surface area contributed by atoms with E-state index in [0.29, 0.717) is 28.2 Å². The third-order valence-electron chi connectivity index (χ3n) is 3.72. The molecule has 0 amide bonds. The lowest BCUT2D eigenvalue weighted by Crippen LogP contribution is -2.06. The molecular formula is C16H12FN5O2. The van der Waals surface area contributed by atoms with Gasteiger partial charge in [-0.25, -0.2) is 14.4 Å². The summed E-state index contributed by atoms with van der Waals surface area (Å²) in [7, 11) is 0. The quantitative estimate of drug-likeness (QED) is 0.559. The van der Waals surface area contributed by atoms with Crippen molar-refractivity contribution in [3.05, 3.63) is 51.7 Å². The molecule has 4 aromatic rings. The summed E-state index contributed by atoms with van der Waals surface area (Å²) in [4.78, 5) is 22.8. The summed E-state index contributed by atoms with van der Waals surface area (Å²) in [6, 6.07) is 5.75. The lowest BCUT2D eigenvalue weighted by molar-refractivity contribution is 0.434. The van der Waals surface area contributed by atoms with Crippen LogP contribution in [0.3, 0.4) is 0 Å². The molecule has 0 aliphatic rings. The first-order valence-corrected chi connectivity index (χ1v) is 7.19. The van der Waals surface area contributed by atoms with E-state index < -0.39 is 11.4 Å². The monoisotopic (exact) mass is 325 g/mol. The fraction of sp³-hybridized carbons (Fsp3) is 0.125. The standard InChI is InChI=1S/C16H12FN5O2/c1-7-3-9(17)16-10(4-7)19-15(8(2)18-16)11-5-12-20-13(23)6-14(24)22(12)21-11/h3-6,24H,1-2H3,(H,20,23). The van der Waals surface area contributed by atoms with E-state index in [9.17, 15) is 14.3 Å². The highest BCUT2D eigenvalue weighted by Crippen LogP contribution is 2.25. The van der Waals surface area contributed by atoms with Gasteiger partial charge in [0, 0.05) is 6.07 Å². The highest BCUT2D eigenvalue weighted by atomic mass is 19.1. The maximum absolute atomic E-state index is 14.0. The molecule has 120 valence electrons. The summed E-state index contributed by atoms with van der Waals surface area (Å²) in [5.74, 6) is -0.711. The van der Waals surface area contributed by atoms with Crippen molar-refractivity contribution in [3.8, 4) is 17.3 Å². The van der Waals surface area contributed by atoms with Gasteiger partial charge in [-0.2, -0.15) is 9.61 Å². The highest BCUT2D eigenvalue weighted by molar-refractivity contribution is 5.79. The Morgan fingerprint density at radius 1 is 1.17 bits per heavy atom. The van der Waals surface area contributed by atoms with Crippen LogP contribution < -0.4 is 5.56 Å². The van der Waals surface area contributed by atoms with E-state index >= 15 is 0 Å². The second-order valence-electron chi connectivity index (χ2n) is 5.59. The molecule has 0 radical (unpaired) electrons. The summed E-state index contributed by atoms with van der Waals surface area (Å²) in [5, 5.41) is 14.1. The maximum Gasteiger partial charge on any atom is 0.254 e. The van der Waals surface area contributed by atoms with Crippen LogP contribution in [-0.2, 0) is 0 Å². The van der Waals surface area contributed by atoms with E-state index in [-0.39, 0.29) is 11.4 Å². The summed E-state index contributed by atoms with van der Waals surface area (Å²) >= 11 is 0. The molecule has 4 rings (SSSR count). The smallest absolute Gasteiger partial charge is 0.254 e. The van der Waals surface area contributed by atoms with Crippen LogP contribution in [0, 0.1) is 19.7 Å². The van der Waals surface area contributed by atoms with Gasteiger partial charge in [0.1, 0.15) is 22.6 Å². The minimum absolute atomic E-state index is 0.196. The maximum atomic E-state index is 14.0. The summed E-state index contributed by atoms with van der Waals surface area (Å²) < 4.78 is 15.2. The third kappa shape index (κ3) is 2.11. The Balaban J connectivity index is 2.01. The molecule has 7 nitrogen and oxygen atoms in total. The van der Waals surface area contributed by atoms with Crippen LogP contribution in [0.2, 0.25) is 0 Å². The molecule has 0 bridgehead atoms. The van der Waals surface area contributed by atoms with Crippen molar-refractivity contribution in [2.24, 2.45) is 0 Å². The number of aromatic hydroxyl groups is 1. The summed E-state index contributed by atoms with van der Waals surface area (Å²) in [6.07, 6.45) is 0. The van der Waals surface area contributed by atoms with Crippen molar-refractivity contribution < 1.29 is 9.50 Å². The molecule has 0 saturated carbocycles. The number of benzene rings is 1. The van der Waals surface area contributed by atoms with Crippen LogP contribution >= 0.6 is 0 Å². The highest BCUT2D eigenvalue weighted by Gasteiger charge is 2.15. The molecule has 0 aliphatic heterocycles. The van der Waals surface area contributed by atoms with Crippen LogP contribution in [0.5, 0.6) is 5.88 Å². The molecule has 0 spiro atoms. The first-order chi connectivity index (χ1) is 11.4. The van der Waals surface area contributed by atoms with Crippen molar-refractivity contribution in [2.75, 3.05) is 0 Å². The van der Waals surface area contributed by atoms with E-state index in [2.05, 4.69) is 20.1 Å². The van der Waals surface area contributed by atoms with Crippen molar-refractivity contribution in [2.45, 2.75) is 13.8 Å². The Bertz CT molecular complexity index is 1180. The minimum atomic E-state index is -0.439. The molecule has 3 heterocycles. The summed E-state index contributed by atoms with van der Waals surface area (Å²) in [6.45, 7) is 3.48. The van der Waals surface area contributed by atoms with E-state index in [1.165, 1.54) is 10.6 Å². The van der Waals surface area contributed by atoms with Crippen LogP contribution in [0.4, 0.5) is 4.39 Å². The number of halogens is 1. The van der Waals surface area contributed by atoms with Gasteiger partial charge in [-0.1, -0.05) is 0 Å². The van der Waals surface area contributed by atoms with Gasteiger partial charge in [-0.3, -0.25) is 4.79 Å². The number of fused-ring (bicyclic) bond motifs is 2. The molecule has 1 aromatic carbocycles. The van der Waals surface area contributed by atoms with Crippen LogP contribution in [0.25, 0.3) is 28.1 Å². The van der Waals surface area contributed by atoms with Gasteiger partial charge in [-0.15, -0.1) is 0 Å². The number of rotatable bonds is 1. The van der Waals surface area contributed by atoms with Gasteiger partial charge >= 0.3 is 0 Å². The van der Waals surface area contributed by atoms with Crippen LogP contribution in [0.15, 0.2) is 29.1 Å².